The van der Waals surface area contributed by atoms with Gasteiger partial charge < -0.3 is 25.2 Å². The van der Waals surface area contributed by atoms with E-state index < -0.39 is 16.8 Å². The number of aromatic nitrogens is 4. The van der Waals surface area contributed by atoms with Crippen molar-refractivity contribution in [3.8, 4) is 11.5 Å². The first-order valence-corrected chi connectivity index (χ1v) is 22.7. The van der Waals surface area contributed by atoms with Gasteiger partial charge in [0.15, 0.2) is 0 Å². The van der Waals surface area contributed by atoms with E-state index in [9.17, 15) is 14.7 Å². The third-order valence-corrected chi connectivity index (χ3v) is 15.6. The summed E-state index contributed by atoms with van der Waals surface area (Å²) in [5.74, 6) is 2.31. The number of carboxylic acid groups (broad SMARTS) is 1. The maximum Gasteiger partial charge on any atom is 0.309 e. The molecule has 6 heterocycles. The highest BCUT2D eigenvalue weighted by Crippen LogP contribution is 2.49. The summed E-state index contributed by atoms with van der Waals surface area (Å²) in [7, 11) is 6.54. The normalized spacial score (nSPS) is 19.1. The molecule has 2 aliphatic heterocycles. The molecule has 0 spiro atoms. The van der Waals surface area contributed by atoms with Crippen molar-refractivity contribution in [1.29, 1.82) is 0 Å². The van der Waals surface area contributed by atoms with Crippen LogP contribution in [0.1, 0.15) is 82.7 Å². The van der Waals surface area contributed by atoms with Gasteiger partial charge in [-0.3, -0.25) is 24.4 Å². The van der Waals surface area contributed by atoms with E-state index >= 15 is 0 Å². The third kappa shape index (κ3) is 7.44. The van der Waals surface area contributed by atoms with E-state index in [-0.39, 0.29) is 5.91 Å². The predicted molar refractivity (Wildman–Crippen MR) is 247 cm³/mol. The fraction of sp³-hybridized carbons (Fsp3) is 0.391. The summed E-state index contributed by atoms with van der Waals surface area (Å²) in [5, 5.41) is 20.1. The molecule has 17 heteroatoms. The van der Waals surface area contributed by atoms with Gasteiger partial charge in [0.2, 0.25) is 0 Å². The average molecular weight is 888 g/mol. The van der Waals surface area contributed by atoms with Gasteiger partial charge in [-0.1, -0.05) is 13.8 Å². The molecule has 3 N–H and O–H groups in total. The van der Waals surface area contributed by atoms with Crippen molar-refractivity contribution >= 4 is 90.4 Å². The van der Waals surface area contributed by atoms with Gasteiger partial charge in [0.25, 0.3) is 5.91 Å². The van der Waals surface area contributed by atoms with Gasteiger partial charge >= 0.3 is 5.97 Å². The standard InChI is InChI=1S/C24H27N5O3S.C22H22N4O3S/c1-5-24(23(30)29(2)32-4)7-6-16-19(10-24)33-22-20(16)21(26-13-27-22)28-17-8-14-11-25-12-15(14)9-18(17)31-3;1-3-22(21(27)28)5-4-14-17(8-22)30-20-18(14)19(24-11-25-20)26-15-6-12-9-23-10-13(12)7-16(15)29-2/h8-9,11,13H,5-7,10,12H2,1-4H3,(H,26,27,28);6-7,9,11H,3-5,8,10H2,1-2H3,(H,27,28)(H,24,25,26)/t24-;22-/m00/s1. The van der Waals surface area contributed by atoms with Crippen LogP contribution in [0.5, 0.6) is 11.5 Å². The molecule has 0 radical (unpaired) electrons. The second-order valence-electron chi connectivity index (χ2n) is 16.4. The minimum atomic E-state index is -0.706. The summed E-state index contributed by atoms with van der Waals surface area (Å²) in [4.78, 5) is 61.2. The number of amides is 1. The number of hydroxylamine groups is 2. The maximum absolute atomic E-state index is 13.1. The van der Waals surface area contributed by atoms with E-state index in [2.05, 4.69) is 53.5 Å². The topological polar surface area (TPSA) is 186 Å². The molecule has 63 heavy (non-hydrogen) atoms. The number of hydrogen-bond donors (Lipinski definition) is 3. The van der Waals surface area contributed by atoms with Crippen LogP contribution in [0.3, 0.4) is 0 Å². The Labute approximate surface area is 372 Å². The van der Waals surface area contributed by atoms with Crippen molar-refractivity contribution in [2.45, 2.75) is 78.3 Å². The summed E-state index contributed by atoms with van der Waals surface area (Å²) in [6.45, 7) is 5.39. The molecule has 2 aromatic carbocycles. The first-order valence-electron chi connectivity index (χ1n) is 21.1. The predicted octanol–water partition coefficient (Wildman–Crippen LogP) is 8.63. The summed E-state index contributed by atoms with van der Waals surface area (Å²) in [6, 6.07) is 8.12. The number of aryl methyl sites for hydroxylation is 2. The fourth-order valence-corrected chi connectivity index (χ4v) is 12.0. The summed E-state index contributed by atoms with van der Waals surface area (Å²) in [6.07, 6.45) is 12.4. The van der Waals surface area contributed by atoms with Crippen LogP contribution in [0, 0.1) is 10.8 Å². The van der Waals surface area contributed by atoms with Crippen LogP contribution >= 0.6 is 22.7 Å². The number of anilines is 4. The Kier molecular flexibility index (Phi) is 11.4. The Balaban J connectivity index is 0.000000161. The van der Waals surface area contributed by atoms with Gasteiger partial charge in [-0.2, -0.15) is 0 Å². The number of aliphatic carboxylic acids is 1. The molecular weight excluding hydrogens is 839 g/mol. The average Bonchev–Trinajstić information content (AvgIpc) is 4.12. The van der Waals surface area contributed by atoms with Crippen molar-refractivity contribution in [2.75, 3.05) is 39.0 Å². The number of thiophene rings is 2. The number of ether oxygens (including phenoxy) is 2. The molecule has 10 rings (SSSR count). The summed E-state index contributed by atoms with van der Waals surface area (Å²) >= 11 is 3.24. The van der Waals surface area contributed by atoms with Gasteiger partial charge in [-0.15, -0.1) is 22.7 Å². The van der Waals surface area contributed by atoms with E-state index in [0.29, 0.717) is 45.2 Å². The van der Waals surface area contributed by atoms with E-state index in [1.807, 2.05) is 37.6 Å². The van der Waals surface area contributed by atoms with Crippen LogP contribution in [-0.2, 0) is 53.2 Å². The molecule has 15 nitrogen and oxygen atoms in total. The Hall–Kier alpha value is -6.04. The van der Waals surface area contributed by atoms with E-state index in [1.165, 1.54) is 28.2 Å². The van der Waals surface area contributed by atoms with Crippen LogP contribution in [0.2, 0.25) is 0 Å². The molecule has 0 unspecified atom stereocenters. The zero-order chi connectivity index (χ0) is 44.0. The Bertz CT molecular complexity index is 2860. The number of aliphatic imine (C=N–C) groups is 2. The Morgan fingerprint density at radius 1 is 0.730 bits per heavy atom. The zero-order valence-corrected chi connectivity index (χ0v) is 37.8. The van der Waals surface area contributed by atoms with Gasteiger partial charge in [-0.05, 0) is 109 Å². The Morgan fingerprint density at radius 2 is 1.21 bits per heavy atom. The van der Waals surface area contributed by atoms with Crippen LogP contribution in [0.25, 0.3) is 20.4 Å². The lowest BCUT2D eigenvalue weighted by atomic mass is 9.71. The molecule has 0 bridgehead atoms. The van der Waals surface area contributed by atoms with Crippen molar-refractivity contribution in [1.82, 2.24) is 25.0 Å². The van der Waals surface area contributed by atoms with E-state index in [0.717, 1.165) is 101 Å². The van der Waals surface area contributed by atoms with Gasteiger partial charge in [0, 0.05) is 29.2 Å². The number of benzene rings is 2. The lowest BCUT2D eigenvalue weighted by molar-refractivity contribution is -0.181. The molecule has 4 aromatic heterocycles. The molecular formula is C46H49N9O6S2. The largest absolute Gasteiger partial charge is 0.495 e. The first-order chi connectivity index (χ1) is 30.5. The number of nitrogens with zero attached hydrogens (tertiary/aromatic N) is 7. The van der Waals surface area contributed by atoms with Crippen molar-refractivity contribution in [2.24, 2.45) is 20.8 Å². The molecule has 0 fully saturated rings. The monoisotopic (exact) mass is 887 g/mol. The highest BCUT2D eigenvalue weighted by atomic mass is 32.1. The first kappa shape index (κ1) is 42.3. The molecule has 4 aliphatic rings. The number of rotatable bonds is 11. The van der Waals surface area contributed by atoms with Crippen molar-refractivity contribution in [3.63, 3.8) is 0 Å². The highest BCUT2D eigenvalue weighted by Gasteiger charge is 2.44. The van der Waals surface area contributed by atoms with Gasteiger partial charge in [-0.25, -0.2) is 25.0 Å². The second-order valence-corrected chi connectivity index (χ2v) is 18.6. The number of fused-ring (bicyclic) bond motifs is 8. The lowest BCUT2D eigenvalue weighted by Crippen LogP contribution is -2.44. The zero-order valence-electron chi connectivity index (χ0n) is 36.1. The van der Waals surface area contributed by atoms with Crippen LogP contribution < -0.4 is 20.1 Å². The number of carbonyl (C=O) groups excluding carboxylic acids is 1. The minimum Gasteiger partial charge on any atom is -0.495 e. The molecule has 6 aromatic rings. The highest BCUT2D eigenvalue weighted by molar-refractivity contribution is 7.19. The summed E-state index contributed by atoms with van der Waals surface area (Å²) in [5.41, 5.74) is 7.40. The smallest absolute Gasteiger partial charge is 0.309 e. The quantitative estimate of drug-likeness (QED) is 0.105. The van der Waals surface area contributed by atoms with Crippen LogP contribution in [0.15, 0.2) is 46.9 Å². The molecule has 326 valence electrons. The molecule has 0 saturated heterocycles. The summed E-state index contributed by atoms with van der Waals surface area (Å²) < 4.78 is 11.2. The second kappa shape index (κ2) is 16.9. The van der Waals surface area contributed by atoms with E-state index in [1.54, 1.807) is 56.6 Å². The molecule has 2 atom stereocenters. The minimum absolute atomic E-state index is 0.0320. The van der Waals surface area contributed by atoms with Gasteiger partial charge in [0.05, 0.1) is 67.4 Å². The van der Waals surface area contributed by atoms with Crippen molar-refractivity contribution in [3.05, 3.63) is 80.1 Å². The lowest BCUT2D eigenvalue weighted by Gasteiger charge is -2.37. The number of nitrogens with one attached hydrogen (secondary N) is 2. The van der Waals surface area contributed by atoms with Gasteiger partial charge in [0.1, 0.15) is 45.5 Å². The van der Waals surface area contributed by atoms with Crippen LogP contribution in [-0.4, -0.2) is 82.8 Å². The number of carbonyl (C=O) groups is 2. The fourth-order valence-electron chi connectivity index (χ4n) is 9.35. The SMILES string of the molecule is CC[C@]1(C(=O)N(C)OC)CCc2c(sc3ncnc(Nc4cc5c(cc4OC)CN=C5)c23)C1.CC[C@]1(C(=O)O)CCc2c(sc3ncnc(Nc4cc5c(cc4OC)CN=C5)c23)C1. The number of methoxy groups -OCH3 is 2. The molecule has 2 aliphatic carbocycles. The third-order valence-electron chi connectivity index (χ3n) is 13.3. The number of hydrogen-bond acceptors (Lipinski definition) is 15. The Morgan fingerprint density at radius 3 is 1.65 bits per heavy atom. The maximum atomic E-state index is 13.1. The van der Waals surface area contributed by atoms with Crippen LogP contribution in [0.4, 0.5) is 23.0 Å². The molecule has 1 amide bonds. The van der Waals surface area contributed by atoms with Crippen molar-refractivity contribution < 1.29 is 29.0 Å². The van der Waals surface area contributed by atoms with E-state index in [4.69, 9.17) is 14.3 Å². The molecule has 0 saturated carbocycles. The number of carboxylic acids is 1.